The summed E-state index contributed by atoms with van der Waals surface area (Å²) in [6.45, 7) is 5.69. The van der Waals surface area contributed by atoms with Crippen molar-refractivity contribution in [3.05, 3.63) is 29.8 Å². The molecule has 1 aromatic rings. The summed E-state index contributed by atoms with van der Waals surface area (Å²) in [6.07, 6.45) is 1.11. The second kappa shape index (κ2) is 6.89. The molecule has 2 rings (SSSR count). The van der Waals surface area contributed by atoms with Crippen LogP contribution in [-0.4, -0.2) is 44.4 Å². The van der Waals surface area contributed by atoms with E-state index in [0.29, 0.717) is 6.04 Å². The first-order valence-corrected chi connectivity index (χ1v) is 6.96. The molecule has 2 atom stereocenters. The molecule has 0 spiro atoms. The molecule has 0 saturated carbocycles. The number of nitrogens with two attached hydrogens (primary N) is 1. The van der Waals surface area contributed by atoms with Crippen LogP contribution >= 0.6 is 0 Å². The minimum atomic E-state index is 0.0399. The van der Waals surface area contributed by atoms with E-state index in [1.54, 1.807) is 7.11 Å². The third-order valence-corrected chi connectivity index (χ3v) is 3.80. The summed E-state index contributed by atoms with van der Waals surface area (Å²) in [5.41, 5.74) is 7.47. The van der Waals surface area contributed by atoms with Crippen LogP contribution < -0.4 is 10.5 Å². The van der Waals surface area contributed by atoms with Crippen LogP contribution in [0.15, 0.2) is 24.3 Å². The zero-order chi connectivity index (χ0) is 13.7. The van der Waals surface area contributed by atoms with E-state index in [2.05, 4.69) is 11.8 Å². The molecule has 4 heteroatoms. The fourth-order valence-corrected chi connectivity index (χ4v) is 2.51. The van der Waals surface area contributed by atoms with Gasteiger partial charge < -0.3 is 15.2 Å². The number of hydrogen-bond acceptors (Lipinski definition) is 4. The van der Waals surface area contributed by atoms with Gasteiger partial charge in [-0.2, -0.15) is 0 Å². The maximum absolute atomic E-state index is 6.31. The molecule has 2 N–H and O–H groups in total. The minimum absolute atomic E-state index is 0.0399. The molecule has 1 heterocycles. The molecular formula is C15H24N2O2. The van der Waals surface area contributed by atoms with E-state index < -0.39 is 0 Å². The molecular weight excluding hydrogens is 240 g/mol. The first-order valence-electron chi connectivity index (χ1n) is 6.96. The van der Waals surface area contributed by atoms with Gasteiger partial charge in [-0.3, -0.25) is 4.90 Å². The lowest BCUT2D eigenvalue weighted by Gasteiger charge is -2.36. The third-order valence-electron chi connectivity index (χ3n) is 3.80. The van der Waals surface area contributed by atoms with Gasteiger partial charge in [0.15, 0.2) is 0 Å². The topological polar surface area (TPSA) is 47.7 Å². The van der Waals surface area contributed by atoms with Crippen LogP contribution in [-0.2, 0) is 4.74 Å². The van der Waals surface area contributed by atoms with E-state index in [-0.39, 0.29) is 6.04 Å². The Bertz CT molecular complexity index is 380. The van der Waals surface area contributed by atoms with Crippen LogP contribution in [0.3, 0.4) is 0 Å². The highest BCUT2D eigenvalue weighted by atomic mass is 16.5. The van der Waals surface area contributed by atoms with Crippen molar-refractivity contribution in [2.45, 2.75) is 25.4 Å². The van der Waals surface area contributed by atoms with Crippen LogP contribution in [0.2, 0.25) is 0 Å². The fraction of sp³-hybridized carbons (Fsp3) is 0.600. The summed E-state index contributed by atoms with van der Waals surface area (Å²) >= 11 is 0. The van der Waals surface area contributed by atoms with Crippen LogP contribution in [0, 0.1) is 0 Å². The summed E-state index contributed by atoms with van der Waals surface area (Å²) in [5, 5.41) is 0. The van der Waals surface area contributed by atoms with Gasteiger partial charge in [0.25, 0.3) is 0 Å². The van der Waals surface area contributed by atoms with Crippen molar-refractivity contribution in [1.82, 2.24) is 4.90 Å². The van der Waals surface area contributed by atoms with Gasteiger partial charge in [-0.05, 0) is 24.1 Å². The predicted molar refractivity (Wildman–Crippen MR) is 76.4 cm³/mol. The SMILES string of the molecule is CCC1COCCN1CC(N)c1ccc(OC)cc1. The summed E-state index contributed by atoms with van der Waals surface area (Å²) in [5.74, 6) is 0.869. The molecule has 0 aliphatic carbocycles. The highest BCUT2D eigenvalue weighted by molar-refractivity contribution is 5.29. The predicted octanol–water partition coefficient (Wildman–Crippen LogP) is 1.81. The van der Waals surface area contributed by atoms with E-state index in [9.17, 15) is 0 Å². The van der Waals surface area contributed by atoms with Crippen LogP contribution in [0.5, 0.6) is 5.75 Å². The maximum Gasteiger partial charge on any atom is 0.118 e. The van der Waals surface area contributed by atoms with E-state index >= 15 is 0 Å². The number of ether oxygens (including phenoxy) is 2. The van der Waals surface area contributed by atoms with E-state index in [0.717, 1.165) is 44.0 Å². The molecule has 0 aromatic heterocycles. The van der Waals surface area contributed by atoms with Crippen molar-refractivity contribution in [3.8, 4) is 5.75 Å². The second-order valence-electron chi connectivity index (χ2n) is 5.01. The summed E-state index contributed by atoms with van der Waals surface area (Å²) in [7, 11) is 1.68. The smallest absolute Gasteiger partial charge is 0.118 e. The van der Waals surface area contributed by atoms with Crippen molar-refractivity contribution < 1.29 is 9.47 Å². The fourth-order valence-electron chi connectivity index (χ4n) is 2.51. The zero-order valence-electron chi connectivity index (χ0n) is 11.8. The van der Waals surface area contributed by atoms with Gasteiger partial charge in [0.2, 0.25) is 0 Å². The standard InChI is InChI=1S/C15H24N2O2/c1-3-13-11-19-9-8-17(13)10-15(16)12-4-6-14(18-2)7-5-12/h4-7,13,15H,3,8-11,16H2,1-2H3. The van der Waals surface area contributed by atoms with Gasteiger partial charge in [0.05, 0.1) is 20.3 Å². The molecule has 1 saturated heterocycles. The molecule has 106 valence electrons. The summed E-state index contributed by atoms with van der Waals surface area (Å²) in [6, 6.07) is 8.56. The molecule has 4 nitrogen and oxygen atoms in total. The first-order chi connectivity index (χ1) is 9.24. The van der Waals surface area contributed by atoms with Gasteiger partial charge in [0.1, 0.15) is 5.75 Å². The van der Waals surface area contributed by atoms with E-state index in [1.807, 2.05) is 24.3 Å². The Kier molecular flexibility index (Phi) is 5.19. The highest BCUT2D eigenvalue weighted by Gasteiger charge is 2.23. The lowest BCUT2D eigenvalue weighted by molar-refractivity contribution is -0.0110. The molecule has 0 bridgehead atoms. The molecule has 1 aliphatic rings. The van der Waals surface area contributed by atoms with Crippen molar-refractivity contribution in [1.29, 1.82) is 0 Å². The van der Waals surface area contributed by atoms with Crippen molar-refractivity contribution >= 4 is 0 Å². The molecule has 1 aromatic carbocycles. The molecule has 1 aliphatic heterocycles. The zero-order valence-corrected chi connectivity index (χ0v) is 11.8. The number of morpholine rings is 1. The second-order valence-corrected chi connectivity index (χ2v) is 5.01. The lowest BCUT2D eigenvalue weighted by Crippen LogP contribution is -2.47. The van der Waals surface area contributed by atoms with Gasteiger partial charge in [0, 0.05) is 25.2 Å². The van der Waals surface area contributed by atoms with Gasteiger partial charge in [-0.1, -0.05) is 19.1 Å². The van der Waals surface area contributed by atoms with Crippen molar-refractivity contribution in [3.63, 3.8) is 0 Å². The van der Waals surface area contributed by atoms with Crippen LogP contribution in [0.4, 0.5) is 0 Å². The average Bonchev–Trinajstić information content (AvgIpc) is 2.48. The normalized spacial score (nSPS) is 22.2. The summed E-state index contributed by atoms with van der Waals surface area (Å²) < 4.78 is 10.7. The Balaban J connectivity index is 1.96. The maximum atomic E-state index is 6.31. The molecule has 0 radical (unpaired) electrons. The Hall–Kier alpha value is -1.10. The monoisotopic (exact) mass is 264 g/mol. The van der Waals surface area contributed by atoms with E-state index in [4.69, 9.17) is 15.2 Å². The molecule has 1 fully saturated rings. The van der Waals surface area contributed by atoms with Crippen molar-refractivity contribution in [2.75, 3.05) is 33.4 Å². The summed E-state index contributed by atoms with van der Waals surface area (Å²) in [4.78, 5) is 2.44. The van der Waals surface area contributed by atoms with Crippen LogP contribution in [0.1, 0.15) is 24.9 Å². The average molecular weight is 264 g/mol. The number of benzene rings is 1. The van der Waals surface area contributed by atoms with Crippen LogP contribution in [0.25, 0.3) is 0 Å². The van der Waals surface area contributed by atoms with E-state index in [1.165, 1.54) is 0 Å². The van der Waals surface area contributed by atoms with Gasteiger partial charge in [-0.25, -0.2) is 0 Å². The first kappa shape index (κ1) is 14.3. The third kappa shape index (κ3) is 3.69. The van der Waals surface area contributed by atoms with Gasteiger partial charge in [-0.15, -0.1) is 0 Å². The number of hydrogen-bond donors (Lipinski definition) is 1. The lowest BCUT2D eigenvalue weighted by atomic mass is 10.1. The Morgan fingerprint density at radius 2 is 2.16 bits per heavy atom. The Morgan fingerprint density at radius 1 is 1.42 bits per heavy atom. The van der Waals surface area contributed by atoms with Gasteiger partial charge >= 0.3 is 0 Å². The molecule has 19 heavy (non-hydrogen) atoms. The Labute approximate surface area is 115 Å². The molecule has 2 unspecified atom stereocenters. The Morgan fingerprint density at radius 3 is 2.79 bits per heavy atom. The number of methoxy groups -OCH3 is 1. The highest BCUT2D eigenvalue weighted by Crippen LogP contribution is 2.19. The molecule has 0 amide bonds. The number of nitrogens with zero attached hydrogens (tertiary/aromatic N) is 1. The van der Waals surface area contributed by atoms with Crippen molar-refractivity contribution in [2.24, 2.45) is 5.73 Å². The minimum Gasteiger partial charge on any atom is -0.497 e. The largest absolute Gasteiger partial charge is 0.497 e. The quantitative estimate of drug-likeness (QED) is 0.881. The number of rotatable bonds is 5.